The molecule has 3 heterocycles. The van der Waals surface area contributed by atoms with Gasteiger partial charge in [0.2, 0.25) is 21.8 Å². The van der Waals surface area contributed by atoms with Crippen LogP contribution in [0.15, 0.2) is 47.9 Å². The zero-order valence-electron chi connectivity index (χ0n) is 27.2. The van der Waals surface area contributed by atoms with Crippen molar-refractivity contribution in [3.05, 3.63) is 47.9 Å². The van der Waals surface area contributed by atoms with Crippen LogP contribution in [-0.4, -0.2) is 77.1 Å². The van der Waals surface area contributed by atoms with E-state index in [1.807, 2.05) is 68.6 Å². The zero-order chi connectivity index (χ0) is 33.4. The average Bonchev–Trinajstić information content (AvgIpc) is 3.90. The number of fused-ring (bicyclic) bond motifs is 2. The Morgan fingerprint density at radius 1 is 1.11 bits per heavy atom. The number of anilines is 1. The van der Waals surface area contributed by atoms with Crippen LogP contribution in [0.5, 0.6) is 0 Å². The van der Waals surface area contributed by atoms with Crippen LogP contribution in [0, 0.1) is 5.92 Å². The molecule has 2 aliphatic heterocycles. The molecule has 4 aliphatic rings. The van der Waals surface area contributed by atoms with Crippen molar-refractivity contribution in [1.29, 1.82) is 0 Å². The third-order valence-electron chi connectivity index (χ3n) is 9.23. The van der Waals surface area contributed by atoms with E-state index in [1.54, 1.807) is 4.90 Å². The highest BCUT2D eigenvalue weighted by Gasteiger charge is 2.62. The molecule has 2 saturated carbocycles. The quantitative estimate of drug-likeness (QED) is 0.365. The number of sulfonamides is 1. The Morgan fingerprint density at radius 2 is 1.87 bits per heavy atom. The summed E-state index contributed by atoms with van der Waals surface area (Å²) < 4.78 is 34.0. The first-order valence-corrected chi connectivity index (χ1v) is 19.1. The Kier molecular flexibility index (Phi) is 9.52. The molecule has 0 spiro atoms. The Hall–Kier alpha value is -3.29. The lowest BCUT2D eigenvalue weighted by molar-refractivity contribution is -0.140. The molecular formula is C34H45N5O6S2. The van der Waals surface area contributed by atoms with Crippen LogP contribution < -0.4 is 15.4 Å². The number of carbonyl (C=O) groups excluding carboxylic acids is 3. The van der Waals surface area contributed by atoms with Crippen LogP contribution >= 0.6 is 11.3 Å². The second-order valence-electron chi connectivity index (χ2n) is 14.2. The number of amides is 3. The number of aromatic nitrogens is 1. The number of thiazole rings is 1. The Labute approximate surface area is 281 Å². The zero-order valence-corrected chi connectivity index (χ0v) is 28.9. The van der Waals surface area contributed by atoms with Crippen molar-refractivity contribution in [2.45, 2.75) is 113 Å². The van der Waals surface area contributed by atoms with E-state index in [0.29, 0.717) is 30.8 Å². The van der Waals surface area contributed by atoms with Gasteiger partial charge in [-0.2, -0.15) is 0 Å². The second kappa shape index (κ2) is 13.3. The lowest BCUT2D eigenvalue weighted by Crippen LogP contribution is -2.57. The maximum Gasteiger partial charge on any atom is 0.259 e. The molecule has 6 rings (SSSR count). The fourth-order valence-electron chi connectivity index (χ4n) is 6.58. The predicted molar refractivity (Wildman–Crippen MR) is 181 cm³/mol. The van der Waals surface area contributed by atoms with Crippen molar-refractivity contribution in [3.63, 3.8) is 0 Å². The first-order valence-electron chi connectivity index (χ1n) is 16.7. The number of nitrogens with one attached hydrogen (secondary N) is 3. The third kappa shape index (κ3) is 7.89. The van der Waals surface area contributed by atoms with Crippen LogP contribution in [0.25, 0.3) is 11.3 Å². The largest absolute Gasteiger partial charge is 0.371 e. The molecule has 254 valence electrons. The monoisotopic (exact) mass is 683 g/mol. The van der Waals surface area contributed by atoms with Gasteiger partial charge in [-0.1, -0.05) is 55.3 Å². The lowest BCUT2D eigenvalue weighted by atomic mass is 10.1. The molecule has 1 saturated heterocycles. The van der Waals surface area contributed by atoms with E-state index in [0.717, 1.165) is 36.9 Å². The number of allylic oxidation sites excluding steroid dienone is 1. The van der Waals surface area contributed by atoms with Crippen molar-refractivity contribution >= 4 is 44.2 Å². The van der Waals surface area contributed by atoms with Crippen LogP contribution in [0.2, 0.25) is 0 Å². The van der Waals surface area contributed by atoms with Crippen LogP contribution in [-0.2, 0) is 29.1 Å². The maximum absolute atomic E-state index is 14.4. The van der Waals surface area contributed by atoms with E-state index in [1.165, 1.54) is 11.3 Å². The summed E-state index contributed by atoms with van der Waals surface area (Å²) in [4.78, 5) is 48.4. The molecule has 0 unspecified atom stereocenters. The summed E-state index contributed by atoms with van der Waals surface area (Å²) in [6.45, 7) is 6.02. The predicted octanol–water partition coefficient (Wildman–Crippen LogP) is 4.38. The molecule has 13 heteroatoms. The van der Waals surface area contributed by atoms with Gasteiger partial charge in [0, 0.05) is 29.8 Å². The van der Waals surface area contributed by atoms with Gasteiger partial charge in [0.1, 0.15) is 17.6 Å². The van der Waals surface area contributed by atoms with Crippen molar-refractivity contribution in [3.8, 4) is 11.3 Å². The minimum Gasteiger partial charge on any atom is -0.371 e. The Bertz CT molecular complexity index is 1620. The second-order valence-corrected chi connectivity index (χ2v) is 17.0. The Balaban J connectivity index is 1.27. The molecular weight excluding hydrogens is 639 g/mol. The number of rotatable bonds is 7. The fraction of sp³-hybridized carbons (Fsp3) is 0.588. The minimum absolute atomic E-state index is 0.220. The van der Waals surface area contributed by atoms with Crippen molar-refractivity contribution in [2.75, 3.05) is 11.9 Å². The molecule has 2 aliphatic carbocycles. The van der Waals surface area contributed by atoms with E-state index in [2.05, 4.69) is 15.4 Å². The van der Waals surface area contributed by atoms with Gasteiger partial charge in [-0.3, -0.25) is 19.1 Å². The van der Waals surface area contributed by atoms with E-state index < -0.39 is 56.4 Å². The highest BCUT2D eigenvalue weighted by Crippen LogP contribution is 2.46. The molecule has 1 aromatic heterocycles. The van der Waals surface area contributed by atoms with E-state index in [4.69, 9.17) is 9.72 Å². The van der Waals surface area contributed by atoms with Crippen molar-refractivity contribution < 1.29 is 27.5 Å². The number of ether oxygens (including phenoxy) is 1. The average molecular weight is 684 g/mol. The highest BCUT2D eigenvalue weighted by molar-refractivity contribution is 7.91. The molecule has 3 fully saturated rings. The van der Waals surface area contributed by atoms with Gasteiger partial charge < -0.3 is 20.3 Å². The minimum atomic E-state index is -3.81. The topological polar surface area (TPSA) is 147 Å². The van der Waals surface area contributed by atoms with E-state index in [9.17, 15) is 22.8 Å². The standard InChI is InChI=1S/C34H45N5O6S2/c1-33(2,3)45-24-18-28-29(40)37-34(31(42)38-47(43,44)25-16-17-25)19-23(34)14-10-5-4-6-11-15-26(30(41)39(28)20-24)35-32-36-27(21-46-32)22-12-8-7-9-13-22/h7-10,12-14,21,23-26,28H,4-6,11,15-20H2,1-3H3,(H,35,36)(H,37,40)(H,38,42)/b14-10-/t23-,24+,26-,28-,34-/m0/s1. The summed E-state index contributed by atoms with van der Waals surface area (Å²) in [6, 6.07) is 8.33. The summed E-state index contributed by atoms with van der Waals surface area (Å²) in [6.07, 6.45) is 9.06. The normalized spacial score (nSPS) is 29.5. The summed E-state index contributed by atoms with van der Waals surface area (Å²) in [5.74, 6) is -1.76. The van der Waals surface area contributed by atoms with E-state index in [-0.39, 0.29) is 24.8 Å². The van der Waals surface area contributed by atoms with Gasteiger partial charge in [-0.25, -0.2) is 13.4 Å². The molecule has 47 heavy (non-hydrogen) atoms. The van der Waals surface area contributed by atoms with Gasteiger partial charge in [-0.15, -0.1) is 11.3 Å². The molecule has 11 nitrogen and oxygen atoms in total. The smallest absolute Gasteiger partial charge is 0.259 e. The number of hydrogen-bond acceptors (Lipinski definition) is 9. The number of carbonyl (C=O) groups is 3. The molecule has 3 N–H and O–H groups in total. The van der Waals surface area contributed by atoms with Gasteiger partial charge in [0.05, 0.1) is 22.6 Å². The maximum atomic E-state index is 14.4. The van der Waals surface area contributed by atoms with Gasteiger partial charge >= 0.3 is 0 Å². The van der Waals surface area contributed by atoms with Crippen LogP contribution in [0.3, 0.4) is 0 Å². The summed E-state index contributed by atoms with van der Waals surface area (Å²) in [5.41, 5.74) is -0.0886. The number of benzene rings is 1. The van der Waals surface area contributed by atoms with Gasteiger partial charge in [0.25, 0.3) is 5.91 Å². The molecule has 5 atom stereocenters. The number of hydrogen-bond donors (Lipinski definition) is 3. The highest BCUT2D eigenvalue weighted by atomic mass is 32.2. The first-order chi connectivity index (χ1) is 22.3. The SMILES string of the molecule is CC(C)(C)O[C@@H]1C[C@H]2C(=O)N[C@@]3(C(=O)NS(=O)(=O)C4CC4)C[C@@H]3/C=C\CCCCC[C@H](Nc3nc(-c4ccccc4)cs3)C(=O)N2C1. The molecule has 1 aromatic carbocycles. The molecule has 2 aromatic rings. The molecule has 0 radical (unpaired) electrons. The van der Waals surface area contributed by atoms with Crippen LogP contribution in [0.4, 0.5) is 5.13 Å². The summed E-state index contributed by atoms with van der Waals surface area (Å²) in [5, 5.41) is 8.33. The lowest BCUT2D eigenvalue weighted by Gasteiger charge is -2.30. The molecule has 0 bridgehead atoms. The fourth-order valence-corrected chi connectivity index (χ4v) is 8.72. The molecule has 3 amide bonds. The first kappa shape index (κ1) is 33.6. The summed E-state index contributed by atoms with van der Waals surface area (Å²) in [7, 11) is -3.81. The van der Waals surface area contributed by atoms with Gasteiger partial charge in [0.15, 0.2) is 5.13 Å². The van der Waals surface area contributed by atoms with Crippen molar-refractivity contribution in [1.82, 2.24) is 19.9 Å². The van der Waals surface area contributed by atoms with Crippen LogP contribution in [0.1, 0.15) is 78.6 Å². The Morgan fingerprint density at radius 3 is 2.60 bits per heavy atom. The van der Waals surface area contributed by atoms with E-state index >= 15 is 0 Å². The number of nitrogens with zero attached hydrogens (tertiary/aromatic N) is 2. The third-order valence-corrected chi connectivity index (χ3v) is 11.8. The summed E-state index contributed by atoms with van der Waals surface area (Å²) >= 11 is 1.43. The van der Waals surface area contributed by atoms with Crippen molar-refractivity contribution in [2.24, 2.45) is 5.92 Å². The van der Waals surface area contributed by atoms with Gasteiger partial charge in [-0.05, 0) is 59.3 Å².